The molecule has 0 saturated heterocycles. The summed E-state index contributed by atoms with van der Waals surface area (Å²) in [5.74, 6) is -0.907. The van der Waals surface area contributed by atoms with Gasteiger partial charge in [-0.2, -0.15) is 5.26 Å². The van der Waals surface area contributed by atoms with Crippen LogP contribution in [0.25, 0.3) is 0 Å². The minimum atomic E-state index is -0.606. The Bertz CT molecular complexity index is 722. The molecule has 2 rings (SSSR count). The van der Waals surface area contributed by atoms with Gasteiger partial charge in [-0.15, -0.1) is 0 Å². The molecule has 3 nitrogen and oxygen atoms in total. The van der Waals surface area contributed by atoms with Crippen molar-refractivity contribution in [3.8, 4) is 6.07 Å². The molecule has 2 aromatic rings. The van der Waals surface area contributed by atoms with E-state index in [-0.39, 0.29) is 11.5 Å². The maximum Gasteiger partial charge on any atom is 0.255 e. The van der Waals surface area contributed by atoms with Crippen molar-refractivity contribution in [3.05, 3.63) is 63.4 Å². The molecule has 0 spiro atoms. The van der Waals surface area contributed by atoms with Crippen molar-refractivity contribution in [2.75, 3.05) is 5.32 Å². The number of amides is 1. The van der Waals surface area contributed by atoms with Crippen LogP contribution < -0.4 is 5.32 Å². The lowest BCUT2D eigenvalue weighted by atomic mass is 10.1. The summed E-state index contributed by atoms with van der Waals surface area (Å²) in [6, 6.07) is 10.9. The molecule has 0 aliphatic heterocycles. The van der Waals surface area contributed by atoms with E-state index in [1.54, 1.807) is 18.2 Å². The van der Waals surface area contributed by atoms with Gasteiger partial charge in [-0.25, -0.2) is 4.39 Å². The van der Waals surface area contributed by atoms with Gasteiger partial charge in [0.1, 0.15) is 11.9 Å². The van der Waals surface area contributed by atoms with Crippen LogP contribution in [0.2, 0.25) is 0 Å². The number of halogens is 2. The highest BCUT2D eigenvalue weighted by Crippen LogP contribution is 2.19. The molecule has 0 fully saturated rings. The van der Waals surface area contributed by atoms with Gasteiger partial charge in [0.15, 0.2) is 0 Å². The molecule has 0 aliphatic rings. The summed E-state index contributed by atoms with van der Waals surface area (Å²) in [5, 5.41) is 11.4. The summed E-state index contributed by atoms with van der Waals surface area (Å²) < 4.78 is 14.1. The van der Waals surface area contributed by atoms with Crippen molar-refractivity contribution in [3.63, 3.8) is 0 Å². The lowest BCUT2D eigenvalue weighted by Gasteiger charge is -2.08. The average molecular weight is 333 g/mol. The third-order valence-electron chi connectivity index (χ3n) is 2.78. The number of nitrogens with one attached hydrogen (secondary N) is 1. The molecule has 1 N–H and O–H groups in total. The molecule has 100 valence electrons. The van der Waals surface area contributed by atoms with E-state index in [0.717, 1.165) is 16.1 Å². The second-order valence-electron chi connectivity index (χ2n) is 4.22. The lowest BCUT2D eigenvalue weighted by molar-refractivity contribution is 0.102. The van der Waals surface area contributed by atoms with Gasteiger partial charge in [0.05, 0.1) is 5.56 Å². The van der Waals surface area contributed by atoms with Gasteiger partial charge in [0.2, 0.25) is 0 Å². The first kappa shape index (κ1) is 14.2. The third-order valence-corrected chi connectivity index (χ3v) is 3.27. The largest absolute Gasteiger partial charge is 0.322 e. The van der Waals surface area contributed by atoms with Crippen molar-refractivity contribution in [1.29, 1.82) is 5.26 Å². The van der Waals surface area contributed by atoms with Crippen LogP contribution in [0.5, 0.6) is 0 Å². The topological polar surface area (TPSA) is 52.9 Å². The molecule has 2 aromatic carbocycles. The molecule has 0 aromatic heterocycles. The number of anilines is 1. The molecular weight excluding hydrogens is 323 g/mol. The summed E-state index contributed by atoms with van der Waals surface area (Å²) in [4.78, 5) is 12.1. The molecule has 5 heteroatoms. The van der Waals surface area contributed by atoms with Crippen LogP contribution >= 0.6 is 15.9 Å². The maximum atomic E-state index is 13.2. The fraction of sp³-hybridized carbons (Fsp3) is 0.0667. The van der Waals surface area contributed by atoms with Crippen LogP contribution in [0.3, 0.4) is 0 Å². The zero-order valence-corrected chi connectivity index (χ0v) is 12.2. The SMILES string of the molecule is Cc1cc(Br)ccc1C(=O)Nc1ccc(F)c(C#N)c1. The van der Waals surface area contributed by atoms with E-state index in [1.807, 2.05) is 13.0 Å². The van der Waals surface area contributed by atoms with E-state index in [4.69, 9.17) is 5.26 Å². The number of carbonyl (C=O) groups excluding carboxylic acids is 1. The first-order valence-corrected chi connectivity index (χ1v) is 6.57. The zero-order chi connectivity index (χ0) is 14.7. The van der Waals surface area contributed by atoms with Crippen LogP contribution in [0.1, 0.15) is 21.5 Å². The minimum absolute atomic E-state index is 0.102. The molecule has 20 heavy (non-hydrogen) atoms. The number of carbonyl (C=O) groups is 1. The number of hydrogen-bond donors (Lipinski definition) is 1. The Labute approximate surface area is 124 Å². The first-order valence-electron chi connectivity index (χ1n) is 5.78. The number of nitrogens with zero attached hydrogens (tertiary/aromatic N) is 1. The molecule has 0 bridgehead atoms. The average Bonchev–Trinajstić information content (AvgIpc) is 2.40. The number of benzene rings is 2. The highest BCUT2D eigenvalue weighted by molar-refractivity contribution is 9.10. The summed E-state index contributed by atoms with van der Waals surface area (Å²) in [6.07, 6.45) is 0. The summed E-state index contributed by atoms with van der Waals surface area (Å²) in [5.41, 5.74) is 1.63. The van der Waals surface area contributed by atoms with Gasteiger partial charge >= 0.3 is 0 Å². The minimum Gasteiger partial charge on any atom is -0.322 e. The Morgan fingerprint density at radius 2 is 2.05 bits per heavy atom. The lowest BCUT2D eigenvalue weighted by Crippen LogP contribution is -2.13. The molecule has 0 aliphatic carbocycles. The molecule has 0 heterocycles. The maximum absolute atomic E-state index is 13.2. The Balaban J connectivity index is 2.26. The highest BCUT2D eigenvalue weighted by atomic mass is 79.9. The van der Waals surface area contributed by atoms with Crippen LogP contribution in [0.15, 0.2) is 40.9 Å². The van der Waals surface area contributed by atoms with Crippen molar-refractivity contribution >= 4 is 27.5 Å². The van der Waals surface area contributed by atoms with Gasteiger partial charge in [-0.3, -0.25) is 4.79 Å². The smallest absolute Gasteiger partial charge is 0.255 e. The number of rotatable bonds is 2. The van der Waals surface area contributed by atoms with E-state index in [0.29, 0.717) is 11.3 Å². The summed E-state index contributed by atoms with van der Waals surface area (Å²) in [6.45, 7) is 1.82. The van der Waals surface area contributed by atoms with Crippen molar-refractivity contribution in [2.45, 2.75) is 6.92 Å². The molecule has 0 radical (unpaired) electrons. The van der Waals surface area contributed by atoms with E-state index in [9.17, 15) is 9.18 Å². The first-order chi connectivity index (χ1) is 9.51. The highest BCUT2D eigenvalue weighted by Gasteiger charge is 2.11. The second-order valence-corrected chi connectivity index (χ2v) is 5.14. The van der Waals surface area contributed by atoms with Gasteiger partial charge in [0, 0.05) is 15.7 Å². The molecule has 0 atom stereocenters. The Hall–Kier alpha value is -2.19. The van der Waals surface area contributed by atoms with Crippen LogP contribution in [0, 0.1) is 24.1 Å². The summed E-state index contributed by atoms with van der Waals surface area (Å²) in [7, 11) is 0. The van der Waals surface area contributed by atoms with Gasteiger partial charge in [-0.1, -0.05) is 15.9 Å². The quantitative estimate of drug-likeness (QED) is 0.902. The normalized spacial score (nSPS) is 9.90. The van der Waals surface area contributed by atoms with Crippen molar-refractivity contribution in [1.82, 2.24) is 0 Å². The van der Waals surface area contributed by atoms with E-state index < -0.39 is 5.82 Å². The number of hydrogen-bond acceptors (Lipinski definition) is 2. The van der Waals surface area contributed by atoms with Crippen LogP contribution in [-0.4, -0.2) is 5.91 Å². The van der Waals surface area contributed by atoms with Crippen LogP contribution in [0.4, 0.5) is 10.1 Å². The molecular formula is C15H10BrFN2O. The monoisotopic (exact) mass is 332 g/mol. The molecule has 0 unspecified atom stereocenters. The van der Waals surface area contributed by atoms with Crippen LogP contribution in [-0.2, 0) is 0 Å². The van der Waals surface area contributed by atoms with Crippen molar-refractivity contribution in [2.24, 2.45) is 0 Å². The van der Waals surface area contributed by atoms with E-state index >= 15 is 0 Å². The Kier molecular flexibility index (Phi) is 4.16. The fourth-order valence-electron chi connectivity index (χ4n) is 1.77. The predicted octanol–water partition coefficient (Wildman–Crippen LogP) is 4.02. The van der Waals surface area contributed by atoms with Gasteiger partial charge in [-0.05, 0) is 48.9 Å². The molecule has 0 saturated carbocycles. The second kappa shape index (κ2) is 5.85. The Morgan fingerprint density at radius 1 is 1.30 bits per heavy atom. The number of nitriles is 1. The fourth-order valence-corrected chi connectivity index (χ4v) is 2.24. The van der Waals surface area contributed by atoms with E-state index in [1.165, 1.54) is 12.1 Å². The zero-order valence-electron chi connectivity index (χ0n) is 10.6. The third kappa shape index (κ3) is 3.03. The predicted molar refractivity (Wildman–Crippen MR) is 77.9 cm³/mol. The van der Waals surface area contributed by atoms with Gasteiger partial charge in [0.25, 0.3) is 5.91 Å². The van der Waals surface area contributed by atoms with E-state index in [2.05, 4.69) is 21.2 Å². The molecule has 1 amide bonds. The van der Waals surface area contributed by atoms with Crippen molar-refractivity contribution < 1.29 is 9.18 Å². The standard InChI is InChI=1S/C15H10BrFN2O/c1-9-6-11(16)2-4-13(9)15(20)19-12-3-5-14(17)10(7-12)8-18/h2-7H,1H3,(H,19,20). The Morgan fingerprint density at radius 3 is 2.70 bits per heavy atom. The number of aryl methyl sites for hydroxylation is 1. The summed E-state index contributed by atoms with van der Waals surface area (Å²) >= 11 is 3.33. The van der Waals surface area contributed by atoms with Gasteiger partial charge < -0.3 is 5.32 Å².